The summed E-state index contributed by atoms with van der Waals surface area (Å²) in [6.45, 7) is 0.505. The Morgan fingerprint density at radius 3 is 2.62 bits per heavy atom. The molecule has 3 nitrogen and oxygen atoms in total. The second-order valence-electron chi connectivity index (χ2n) is 4.59. The molecule has 21 heavy (non-hydrogen) atoms. The molecular weight excluding hydrogens is 289 g/mol. The maximum atomic E-state index is 13.6. The van der Waals surface area contributed by atoms with Crippen LogP contribution in [0.3, 0.4) is 0 Å². The van der Waals surface area contributed by atoms with Gasteiger partial charge in [0.05, 0.1) is 17.0 Å². The molecule has 0 saturated carbocycles. The SMILES string of the molecule is Fc1cccc(Cl)c1NCc1ccc(-n2ccnc2)cc1. The summed E-state index contributed by atoms with van der Waals surface area (Å²) in [5.74, 6) is -0.350. The van der Waals surface area contributed by atoms with Crippen molar-refractivity contribution in [2.75, 3.05) is 5.32 Å². The van der Waals surface area contributed by atoms with E-state index in [4.69, 9.17) is 11.6 Å². The smallest absolute Gasteiger partial charge is 0.147 e. The van der Waals surface area contributed by atoms with Crippen LogP contribution in [0.4, 0.5) is 10.1 Å². The third-order valence-electron chi connectivity index (χ3n) is 3.17. The van der Waals surface area contributed by atoms with Crippen molar-refractivity contribution in [1.82, 2.24) is 9.55 Å². The predicted octanol–water partition coefficient (Wildman–Crippen LogP) is 4.28. The van der Waals surface area contributed by atoms with Gasteiger partial charge in [-0.25, -0.2) is 9.37 Å². The summed E-state index contributed by atoms with van der Waals surface area (Å²) in [7, 11) is 0. The maximum absolute atomic E-state index is 13.6. The van der Waals surface area contributed by atoms with E-state index in [1.54, 1.807) is 24.7 Å². The second-order valence-corrected chi connectivity index (χ2v) is 4.99. The number of nitrogens with zero attached hydrogens (tertiary/aromatic N) is 2. The van der Waals surface area contributed by atoms with Gasteiger partial charge in [-0.05, 0) is 29.8 Å². The highest BCUT2D eigenvalue weighted by Gasteiger charge is 2.06. The number of nitrogens with one attached hydrogen (secondary N) is 1. The van der Waals surface area contributed by atoms with Crippen LogP contribution in [0.1, 0.15) is 5.56 Å². The first kappa shape index (κ1) is 13.6. The van der Waals surface area contributed by atoms with Crippen LogP contribution in [0.15, 0.2) is 61.2 Å². The highest BCUT2D eigenvalue weighted by Crippen LogP contribution is 2.25. The Hall–Kier alpha value is -2.33. The Bertz CT molecular complexity index is 704. The van der Waals surface area contributed by atoms with Crippen LogP contribution >= 0.6 is 11.6 Å². The molecular formula is C16H13ClFN3. The molecule has 1 heterocycles. The fourth-order valence-corrected chi connectivity index (χ4v) is 2.28. The first-order chi connectivity index (χ1) is 10.2. The third kappa shape index (κ3) is 3.06. The summed E-state index contributed by atoms with van der Waals surface area (Å²) in [5, 5.41) is 3.41. The van der Waals surface area contributed by atoms with Gasteiger partial charge in [-0.1, -0.05) is 29.8 Å². The van der Waals surface area contributed by atoms with Crippen LogP contribution in [-0.4, -0.2) is 9.55 Å². The van der Waals surface area contributed by atoms with Crippen LogP contribution in [0.2, 0.25) is 5.02 Å². The Labute approximate surface area is 127 Å². The Balaban J connectivity index is 1.71. The average Bonchev–Trinajstić information content (AvgIpc) is 3.02. The number of anilines is 1. The molecule has 106 valence electrons. The van der Waals surface area contributed by atoms with Gasteiger partial charge in [-0.3, -0.25) is 0 Å². The molecule has 1 aromatic heterocycles. The minimum absolute atomic E-state index is 0.331. The number of aromatic nitrogens is 2. The first-order valence-corrected chi connectivity index (χ1v) is 6.87. The summed E-state index contributed by atoms with van der Waals surface area (Å²) in [4.78, 5) is 4.01. The zero-order valence-electron chi connectivity index (χ0n) is 11.1. The third-order valence-corrected chi connectivity index (χ3v) is 3.49. The van der Waals surface area contributed by atoms with E-state index in [-0.39, 0.29) is 5.82 Å². The Morgan fingerprint density at radius 2 is 1.95 bits per heavy atom. The lowest BCUT2D eigenvalue weighted by atomic mass is 10.2. The van der Waals surface area contributed by atoms with Gasteiger partial charge in [0.15, 0.2) is 0 Å². The second kappa shape index (κ2) is 5.97. The van der Waals surface area contributed by atoms with Crippen molar-refractivity contribution < 1.29 is 4.39 Å². The van der Waals surface area contributed by atoms with Crippen LogP contribution < -0.4 is 5.32 Å². The molecule has 0 spiro atoms. The van der Waals surface area contributed by atoms with Crippen LogP contribution in [-0.2, 0) is 6.54 Å². The minimum Gasteiger partial charge on any atom is -0.377 e. The number of hydrogen-bond donors (Lipinski definition) is 1. The summed E-state index contributed by atoms with van der Waals surface area (Å²) in [6, 6.07) is 12.6. The van der Waals surface area contributed by atoms with Gasteiger partial charge in [0.2, 0.25) is 0 Å². The van der Waals surface area contributed by atoms with E-state index in [0.717, 1.165) is 11.3 Å². The van der Waals surface area contributed by atoms with E-state index >= 15 is 0 Å². The Morgan fingerprint density at radius 1 is 1.14 bits per heavy atom. The number of benzene rings is 2. The fourth-order valence-electron chi connectivity index (χ4n) is 2.05. The van der Waals surface area contributed by atoms with Gasteiger partial charge in [0, 0.05) is 24.6 Å². The van der Waals surface area contributed by atoms with Crippen molar-refractivity contribution in [2.24, 2.45) is 0 Å². The van der Waals surface area contributed by atoms with E-state index in [9.17, 15) is 4.39 Å². The van der Waals surface area contributed by atoms with Gasteiger partial charge >= 0.3 is 0 Å². The number of para-hydroxylation sites is 1. The van der Waals surface area contributed by atoms with Crippen LogP contribution in [0.5, 0.6) is 0 Å². The summed E-state index contributed by atoms with van der Waals surface area (Å²) < 4.78 is 15.6. The molecule has 3 rings (SSSR count). The van der Waals surface area contributed by atoms with Gasteiger partial charge in [-0.2, -0.15) is 0 Å². The summed E-state index contributed by atoms with van der Waals surface area (Å²) in [5.41, 5.74) is 2.40. The highest BCUT2D eigenvalue weighted by atomic mass is 35.5. The quantitative estimate of drug-likeness (QED) is 0.779. The molecule has 5 heteroatoms. The van der Waals surface area contributed by atoms with E-state index in [1.165, 1.54) is 6.07 Å². The first-order valence-electron chi connectivity index (χ1n) is 6.49. The highest BCUT2D eigenvalue weighted by molar-refractivity contribution is 6.33. The predicted molar refractivity (Wildman–Crippen MR) is 82.3 cm³/mol. The molecule has 0 saturated heterocycles. The van der Waals surface area contributed by atoms with E-state index < -0.39 is 0 Å². The van der Waals surface area contributed by atoms with Gasteiger partial charge in [0.1, 0.15) is 5.82 Å². The number of rotatable bonds is 4. The number of imidazole rings is 1. The molecule has 0 unspecified atom stereocenters. The van der Waals surface area contributed by atoms with Crippen molar-refractivity contribution in [3.8, 4) is 5.69 Å². The number of halogens is 2. The van der Waals surface area contributed by atoms with Crippen molar-refractivity contribution in [3.05, 3.63) is 77.6 Å². The van der Waals surface area contributed by atoms with Gasteiger partial charge in [-0.15, -0.1) is 0 Å². The molecule has 1 N–H and O–H groups in total. The van der Waals surface area contributed by atoms with Crippen LogP contribution in [0, 0.1) is 5.82 Å². The average molecular weight is 302 g/mol. The zero-order chi connectivity index (χ0) is 14.7. The fraction of sp³-hybridized carbons (Fsp3) is 0.0625. The van der Waals surface area contributed by atoms with Crippen molar-refractivity contribution in [2.45, 2.75) is 6.54 Å². The van der Waals surface area contributed by atoms with E-state index in [2.05, 4.69) is 10.3 Å². The van der Waals surface area contributed by atoms with E-state index in [1.807, 2.05) is 35.0 Å². The molecule has 3 aromatic rings. The summed E-state index contributed by atoms with van der Waals surface area (Å²) in [6.07, 6.45) is 5.36. The monoisotopic (exact) mass is 301 g/mol. The molecule has 0 aliphatic rings. The van der Waals surface area contributed by atoms with Crippen molar-refractivity contribution >= 4 is 17.3 Å². The summed E-state index contributed by atoms with van der Waals surface area (Å²) >= 11 is 5.98. The standard InChI is InChI=1S/C16H13ClFN3/c17-14-2-1-3-15(18)16(14)20-10-12-4-6-13(7-5-12)21-9-8-19-11-21/h1-9,11,20H,10H2. The minimum atomic E-state index is -0.350. The lowest BCUT2D eigenvalue weighted by Gasteiger charge is -2.10. The van der Waals surface area contributed by atoms with Crippen LogP contribution in [0.25, 0.3) is 5.69 Å². The lowest BCUT2D eigenvalue weighted by molar-refractivity contribution is 0.630. The van der Waals surface area contributed by atoms with E-state index in [0.29, 0.717) is 17.3 Å². The number of hydrogen-bond acceptors (Lipinski definition) is 2. The molecule has 2 aromatic carbocycles. The molecule has 0 atom stereocenters. The topological polar surface area (TPSA) is 29.9 Å². The molecule has 0 aliphatic heterocycles. The lowest BCUT2D eigenvalue weighted by Crippen LogP contribution is -2.02. The van der Waals surface area contributed by atoms with Crippen molar-refractivity contribution in [1.29, 1.82) is 0 Å². The molecule has 0 aliphatic carbocycles. The normalized spacial score (nSPS) is 10.6. The molecule has 0 radical (unpaired) electrons. The zero-order valence-corrected chi connectivity index (χ0v) is 11.9. The molecule has 0 amide bonds. The largest absolute Gasteiger partial charge is 0.377 e. The molecule has 0 bridgehead atoms. The van der Waals surface area contributed by atoms with Crippen molar-refractivity contribution in [3.63, 3.8) is 0 Å². The van der Waals surface area contributed by atoms with Gasteiger partial charge < -0.3 is 9.88 Å². The maximum Gasteiger partial charge on any atom is 0.147 e. The van der Waals surface area contributed by atoms with Gasteiger partial charge in [0.25, 0.3) is 0 Å². The molecule has 0 fully saturated rings. The Kier molecular flexibility index (Phi) is 3.88.